The first kappa shape index (κ1) is 12.5. The van der Waals surface area contributed by atoms with Crippen molar-refractivity contribution >= 4 is 5.82 Å². The third-order valence-electron chi connectivity index (χ3n) is 2.62. The molecule has 4 heteroatoms. The SMILES string of the molecule is COCc1ccccc1CNc1ncccc1F. The van der Waals surface area contributed by atoms with Gasteiger partial charge >= 0.3 is 0 Å². The molecule has 0 atom stereocenters. The number of benzene rings is 1. The van der Waals surface area contributed by atoms with Crippen LogP contribution in [-0.2, 0) is 17.9 Å². The van der Waals surface area contributed by atoms with Crippen molar-refractivity contribution in [2.24, 2.45) is 0 Å². The summed E-state index contributed by atoms with van der Waals surface area (Å²) in [5.41, 5.74) is 2.16. The van der Waals surface area contributed by atoms with Crippen molar-refractivity contribution in [3.63, 3.8) is 0 Å². The lowest BCUT2D eigenvalue weighted by Gasteiger charge is -2.10. The largest absolute Gasteiger partial charge is 0.380 e. The summed E-state index contributed by atoms with van der Waals surface area (Å²) in [7, 11) is 1.66. The van der Waals surface area contributed by atoms with E-state index in [9.17, 15) is 4.39 Å². The van der Waals surface area contributed by atoms with Gasteiger partial charge < -0.3 is 10.1 Å². The quantitative estimate of drug-likeness (QED) is 0.880. The third kappa shape index (κ3) is 3.05. The van der Waals surface area contributed by atoms with Crippen molar-refractivity contribution in [2.45, 2.75) is 13.2 Å². The lowest BCUT2D eigenvalue weighted by molar-refractivity contribution is 0.184. The Bertz CT molecular complexity index is 517. The molecule has 18 heavy (non-hydrogen) atoms. The molecule has 1 heterocycles. The van der Waals surface area contributed by atoms with Gasteiger partial charge in [-0.25, -0.2) is 9.37 Å². The van der Waals surface area contributed by atoms with Crippen LogP contribution in [0.5, 0.6) is 0 Å². The predicted molar refractivity (Wildman–Crippen MR) is 68.7 cm³/mol. The Morgan fingerprint density at radius 1 is 1.17 bits per heavy atom. The normalized spacial score (nSPS) is 10.3. The summed E-state index contributed by atoms with van der Waals surface area (Å²) in [6.45, 7) is 1.07. The van der Waals surface area contributed by atoms with Gasteiger partial charge in [0.05, 0.1) is 6.61 Å². The van der Waals surface area contributed by atoms with Crippen LogP contribution in [0.4, 0.5) is 10.2 Å². The van der Waals surface area contributed by atoms with Gasteiger partial charge in [-0.2, -0.15) is 0 Å². The highest BCUT2D eigenvalue weighted by molar-refractivity contribution is 5.38. The number of halogens is 1. The Morgan fingerprint density at radius 2 is 1.94 bits per heavy atom. The molecule has 2 aromatic rings. The molecular weight excluding hydrogens is 231 g/mol. The minimum Gasteiger partial charge on any atom is -0.380 e. The van der Waals surface area contributed by atoms with Crippen LogP contribution < -0.4 is 5.32 Å². The van der Waals surface area contributed by atoms with Gasteiger partial charge in [0.25, 0.3) is 0 Å². The highest BCUT2D eigenvalue weighted by Crippen LogP contribution is 2.14. The Labute approximate surface area is 106 Å². The fraction of sp³-hybridized carbons (Fsp3) is 0.214. The second-order valence-corrected chi connectivity index (χ2v) is 3.89. The fourth-order valence-corrected chi connectivity index (χ4v) is 1.72. The minimum absolute atomic E-state index is 0.268. The first-order valence-electron chi connectivity index (χ1n) is 5.71. The first-order valence-corrected chi connectivity index (χ1v) is 5.71. The van der Waals surface area contributed by atoms with Crippen LogP contribution in [0, 0.1) is 5.82 Å². The summed E-state index contributed by atoms with van der Waals surface area (Å²) in [5.74, 6) is -0.0774. The maximum absolute atomic E-state index is 13.4. The smallest absolute Gasteiger partial charge is 0.165 e. The monoisotopic (exact) mass is 246 g/mol. The van der Waals surface area contributed by atoms with Gasteiger partial charge in [-0.15, -0.1) is 0 Å². The van der Waals surface area contributed by atoms with Gasteiger partial charge in [-0.1, -0.05) is 24.3 Å². The minimum atomic E-state index is -0.346. The van der Waals surface area contributed by atoms with E-state index < -0.39 is 0 Å². The predicted octanol–water partition coefficient (Wildman–Crippen LogP) is 2.98. The highest BCUT2D eigenvalue weighted by atomic mass is 19.1. The number of ether oxygens (including phenoxy) is 1. The number of nitrogens with zero attached hydrogens (tertiary/aromatic N) is 1. The van der Waals surface area contributed by atoms with Crippen molar-refractivity contribution in [3.05, 3.63) is 59.5 Å². The molecule has 0 saturated carbocycles. The van der Waals surface area contributed by atoms with Crippen LogP contribution >= 0.6 is 0 Å². The molecule has 3 nitrogen and oxygen atoms in total. The van der Waals surface area contributed by atoms with Crippen LogP contribution in [0.1, 0.15) is 11.1 Å². The summed E-state index contributed by atoms with van der Waals surface area (Å²) in [5, 5.41) is 2.99. The number of hydrogen-bond acceptors (Lipinski definition) is 3. The molecule has 0 saturated heterocycles. The summed E-state index contributed by atoms with van der Waals surface area (Å²) < 4.78 is 18.5. The van der Waals surface area contributed by atoms with Crippen molar-refractivity contribution in [1.82, 2.24) is 4.98 Å². The van der Waals surface area contributed by atoms with E-state index in [1.54, 1.807) is 19.4 Å². The maximum Gasteiger partial charge on any atom is 0.165 e. The van der Waals surface area contributed by atoms with E-state index in [-0.39, 0.29) is 11.6 Å². The summed E-state index contributed by atoms with van der Waals surface area (Å²) in [4.78, 5) is 3.95. The van der Waals surface area contributed by atoms with Gasteiger partial charge in [-0.05, 0) is 23.3 Å². The van der Waals surface area contributed by atoms with Gasteiger partial charge in [0, 0.05) is 19.9 Å². The molecule has 0 amide bonds. The third-order valence-corrected chi connectivity index (χ3v) is 2.62. The van der Waals surface area contributed by atoms with Gasteiger partial charge in [0.15, 0.2) is 11.6 Å². The number of nitrogens with one attached hydrogen (secondary N) is 1. The lowest BCUT2D eigenvalue weighted by Crippen LogP contribution is -2.06. The number of anilines is 1. The zero-order chi connectivity index (χ0) is 12.8. The molecule has 0 unspecified atom stereocenters. The molecule has 0 radical (unpaired) electrons. The lowest BCUT2D eigenvalue weighted by atomic mass is 10.1. The molecule has 1 aromatic heterocycles. The van der Waals surface area contributed by atoms with Crippen LogP contribution in [0.25, 0.3) is 0 Å². The standard InChI is InChI=1S/C14H15FN2O/c1-18-10-12-6-3-2-5-11(12)9-17-14-13(15)7-4-8-16-14/h2-8H,9-10H2,1H3,(H,16,17). The molecule has 0 aliphatic rings. The van der Waals surface area contributed by atoms with Crippen molar-refractivity contribution < 1.29 is 9.13 Å². The topological polar surface area (TPSA) is 34.1 Å². The van der Waals surface area contributed by atoms with Crippen molar-refractivity contribution in [3.8, 4) is 0 Å². The number of aromatic nitrogens is 1. The molecule has 0 aliphatic heterocycles. The second-order valence-electron chi connectivity index (χ2n) is 3.89. The van der Waals surface area contributed by atoms with Crippen LogP contribution in [-0.4, -0.2) is 12.1 Å². The number of hydrogen-bond donors (Lipinski definition) is 1. The van der Waals surface area contributed by atoms with Crippen LogP contribution in [0.3, 0.4) is 0 Å². The van der Waals surface area contributed by atoms with Crippen LogP contribution in [0.15, 0.2) is 42.6 Å². The zero-order valence-corrected chi connectivity index (χ0v) is 10.2. The molecule has 0 spiro atoms. The molecule has 94 valence electrons. The highest BCUT2D eigenvalue weighted by Gasteiger charge is 2.04. The van der Waals surface area contributed by atoms with Gasteiger partial charge in [0.2, 0.25) is 0 Å². The van der Waals surface area contributed by atoms with Gasteiger partial charge in [0.1, 0.15) is 0 Å². The molecule has 1 aromatic carbocycles. The average molecular weight is 246 g/mol. The van der Waals surface area contributed by atoms with E-state index in [4.69, 9.17) is 4.74 Å². The van der Waals surface area contributed by atoms with E-state index in [0.717, 1.165) is 11.1 Å². The Hall–Kier alpha value is -1.94. The summed E-state index contributed by atoms with van der Waals surface area (Å²) in [6, 6.07) is 10.8. The summed E-state index contributed by atoms with van der Waals surface area (Å²) in [6.07, 6.45) is 1.56. The average Bonchev–Trinajstić information content (AvgIpc) is 2.40. The fourth-order valence-electron chi connectivity index (χ4n) is 1.72. The Kier molecular flexibility index (Phi) is 4.25. The van der Waals surface area contributed by atoms with Crippen molar-refractivity contribution in [1.29, 1.82) is 0 Å². The Balaban J connectivity index is 2.08. The molecule has 1 N–H and O–H groups in total. The number of pyridine rings is 1. The zero-order valence-electron chi connectivity index (χ0n) is 10.2. The molecule has 0 bridgehead atoms. The first-order chi connectivity index (χ1) is 8.81. The molecule has 0 aliphatic carbocycles. The van der Waals surface area contributed by atoms with Gasteiger partial charge in [-0.3, -0.25) is 0 Å². The second kappa shape index (κ2) is 6.12. The molecule has 2 rings (SSSR count). The number of rotatable bonds is 5. The van der Waals surface area contributed by atoms with E-state index >= 15 is 0 Å². The van der Waals surface area contributed by atoms with E-state index in [1.807, 2.05) is 24.3 Å². The maximum atomic E-state index is 13.4. The molecule has 0 fully saturated rings. The van der Waals surface area contributed by atoms with E-state index in [2.05, 4.69) is 10.3 Å². The van der Waals surface area contributed by atoms with E-state index in [0.29, 0.717) is 13.2 Å². The van der Waals surface area contributed by atoms with E-state index in [1.165, 1.54) is 6.07 Å². The van der Waals surface area contributed by atoms with Crippen molar-refractivity contribution in [2.75, 3.05) is 12.4 Å². The Morgan fingerprint density at radius 3 is 2.67 bits per heavy atom. The molecular formula is C14H15FN2O. The van der Waals surface area contributed by atoms with Crippen LogP contribution in [0.2, 0.25) is 0 Å². The number of methoxy groups -OCH3 is 1. The summed E-state index contributed by atoms with van der Waals surface area (Å²) >= 11 is 0.